The van der Waals surface area contributed by atoms with Gasteiger partial charge in [0.1, 0.15) is 0 Å². The fraction of sp³-hybridized carbons (Fsp3) is 1.00. The highest BCUT2D eigenvalue weighted by molar-refractivity contribution is 6.58. The van der Waals surface area contributed by atoms with Crippen LogP contribution in [0.4, 0.5) is 0 Å². The molecular formula is C14H31NO3Si. The van der Waals surface area contributed by atoms with Gasteiger partial charge in [0, 0.05) is 25.9 Å². The highest BCUT2D eigenvalue weighted by Gasteiger charge is 2.45. The van der Waals surface area contributed by atoms with Crippen LogP contribution in [0.5, 0.6) is 0 Å². The molecule has 19 heavy (non-hydrogen) atoms. The lowest BCUT2D eigenvalue weighted by atomic mass is 9.83. The Bertz CT molecular complexity index is 224. The van der Waals surface area contributed by atoms with Gasteiger partial charge in [-0.25, -0.2) is 0 Å². The van der Waals surface area contributed by atoms with Crippen molar-refractivity contribution in [1.82, 2.24) is 4.98 Å². The summed E-state index contributed by atoms with van der Waals surface area (Å²) in [6.07, 6.45) is 6.38. The van der Waals surface area contributed by atoms with E-state index in [1.165, 1.54) is 32.1 Å². The summed E-state index contributed by atoms with van der Waals surface area (Å²) in [5, 5.41) is 0. The molecule has 114 valence electrons. The smallest absolute Gasteiger partial charge is 0.361 e. The number of rotatable bonds is 9. The number of hydrogen-bond acceptors (Lipinski definition) is 4. The Morgan fingerprint density at radius 1 is 0.895 bits per heavy atom. The maximum atomic E-state index is 5.89. The summed E-state index contributed by atoms with van der Waals surface area (Å²) in [7, 11) is -2.69. The largest absolute Gasteiger partial charge is 0.597 e. The fourth-order valence-electron chi connectivity index (χ4n) is 2.93. The van der Waals surface area contributed by atoms with Crippen LogP contribution < -0.4 is 4.98 Å². The van der Waals surface area contributed by atoms with E-state index in [1.807, 2.05) is 20.8 Å². The molecule has 1 N–H and O–H groups in total. The van der Waals surface area contributed by atoms with Crippen molar-refractivity contribution in [2.45, 2.75) is 65.8 Å². The molecule has 0 spiro atoms. The second-order valence-corrected chi connectivity index (χ2v) is 7.33. The van der Waals surface area contributed by atoms with E-state index in [0.29, 0.717) is 25.9 Å². The first-order chi connectivity index (χ1) is 9.21. The van der Waals surface area contributed by atoms with Crippen LogP contribution in [0.15, 0.2) is 0 Å². The SMILES string of the molecule is CCO[Si](NC1CCCCC1CC)(OCC)OCC. The molecule has 0 aromatic rings. The molecule has 2 atom stereocenters. The first-order valence-electron chi connectivity index (χ1n) is 7.90. The zero-order valence-corrected chi connectivity index (χ0v) is 14.0. The van der Waals surface area contributed by atoms with Crippen molar-refractivity contribution < 1.29 is 13.3 Å². The minimum absolute atomic E-state index is 0.482. The average Bonchev–Trinajstić information content (AvgIpc) is 2.40. The lowest BCUT2D eigenvalue weighted by molar-refractivity contribution is 0.0499. The second kappa shape index (κ2) is 9.08. The van der Waals surface area contributed by atoms with Gasteiger partial charge in [-0.3, -0.25) is 4.98 Å². The molecule has 1 rings (SSSR count). The summed E-state index contributed by atoms with van der Waals surface area (Å²) in [5.74, 6) is 0.724. The molecule has 0 aromatic heterocycles. The van der Waals surface area contributed by atoms with E-state index in [0.717, 1.165) is 5.92 Å². The van der Waals surface area contributed by atoms with Crippen molar-refractivity contribution in [3.8, 4) is 0 Å². The Hall–Kier alpha value is 0.0569. The van der Waals surface area contributed by atoms with Gasteiger partial charge in [-0.15, -0.1) is 0 Å². The van der Waals surface area contributed by atoms with E-state index >= 15 is 0 Å². The van der Waals surface area contributed by atoms with Gasteiger partial charge in [-0.1, -0.05) is 26.2 Å². The Kier molecular flexibility index (Phi) is 8.17. The van der Waals surface area contributed by atoms with E-state index in [4.69, 9.17) is 13.3 Å². The second-order valence-electron chi connectivity index (χ2n) is 5.06. The Morgan fingerprint density at radius 2 is 1.42 bits per heavy atom. The normalized spacial score (nSPS) is 24.6. The highest BCUT2D eigenvalue weighted by atomic mass is 28.4. The fourth-order valence-corrected chi connectivity index (χ4v) is 5.41. The molecule has 0 amide bonds. The predicted molar refractivity (Wildman–Crippen MR) is 79.8 cm³/mol. The van der Waals surface area contributed by atoms with Crippen molar-refractivity contribution in [1.29, 1.82) is 0 Å². The van der Waals surface area contributed by atoms with Gasteiger partial charge >= 0.3 is 8.97 Å². The van der Waals surface area contributed by atoms with Crippen molar-refractivity contribution in [3.05, 3.63) is 0 Å². The third kappa shape index (κ3) is 5.15. The molecule has 1 aliphatic carbocycles. The van der Waals surface area contributed by atoms with Crippen LogP contribution in [0.1, 0.15) is 59.8 Å². The topological polar surface area (TPSA) is 39.7 Å². The minimum Gasteiger partial charge on any atom is -0.361 e. The average molecular weight is 289 g/mol. The summed E-state index contributed by atoms with van der Waals surface area (Å²) in [5.41, 5.74) is 0. The van der Waals surface area contributed by atoms with E-state index in [-0.39, 0.29) is 0 Å². The van der Waals surface area contributed by atoms with Crippen molar-refractivity contribution >= 4 is 8.97 Å². The molecule has 5 heteroatoms. The maximum Gasteiger partial charge on any atom is 0.597 e. The molecule has 1 aliphatic rings. The molecule has 0 heterocycles. The molecule has 1 saturated carbocycles. The van der Waals surface area contributed by atoms with Crippen LogP contribution in [0.3, 0.4) is 0 Å². The first kappa shape index (κ1) is 17.1. The van der Waals surface area contributed by atoms with Gasteiger partial charge in [0.15, 0.2) is 0 Å². The Balaban J connectivity index is 2.72. The van der Waals surface area contributed by atoms with E-state index < -0.39 is 8.97 Å². The third-order valence-corrected chi connectivity index (χ3v) is 6.53. The van der Waals surface area contributed by atoms with Gasteiger partial charge in [0.2, 0.25) is 0 Å². The van der Waals surface area contributed by atoms with Crippen LogP contribution in [0.2, 0.25) is 0 Å². The molecule has 0 bridgehead atoms. The van der Waals surface area contributed by atoms with Gasteiger partial charge in [-0.2, -0.15) is 0 Å². The van der Waals surface area contributed by atoms with Gasteiger partial charge in [-0.05, 0) is 39.5 Å². The van der Waals surface area contributed by atoms with Gasteiger partial charge in [0.25, 0.3) is 0 Å². The molecule has 1 fully saturated rings. The highest BCUT2D eigenvalue weighted by Crippen LogP contribution is 2.28. The van der Waals surface area contributed by atoms with Gasteiger partial charge in [0.05, 0.1) is 0 Å². The lowest BCUT2D eigenvalue weighted by Crippen LogP contribution is -2.64. The lowest BCUT2D eigenvalue weighted by Gasteiger charge is -2.37. The molecule has 2 unspecified atom stereocenters. The molecule has 0 aliphatic heterocycles. The van der Waals surface area contributed by atoms with Gasteiger partial charge < -0.3 is 13.3 Å². The molecule has 0 radical (unpaired) electrons. The molecule has 0 aromatic carbocycles. The van der Waals surface area contributed by atoms with E-state index in [1.54, 1.807) is 0 Å². The zero-order chi connectivity index (χ0) is 14.1. The summed E-state index contributed by atoms with van der Waals surface area (Å²) >= 11 is 0. The summed E-state index contributed by atoms with van der Waals surface area (Å²) < 4.78 is 17.7. The summed E-state index contributed by atoms with van der Waals surface area (Å²) in [6.45, 7) is 10.2. The minimum atomic E-state index is -2.69. The molecule has 4 nitrogen and oxygen atoms in total. The van der Waals surface area contributed by atoms with Crippen LogP contribution in [0, 0.1) is 5.92 Å². The molecular weight excluding hydrogens is 258 g/mol. The third-order valence-electron chi connectivity index (χ3n) is 3.80. The Labute approximate surface area is 119 Å². The molecule has 0 saturated heterocycles. The standard InChI is InChI=1S/C14H31NO3Si/c1-5-13-11-9-10-12-14(13)15-19(16-6-2,17-7-3)18-8-4/h13-15H,5-12H2,1-4H3. The number of nitrogens with one attached hydrogen (secondary N) is 1. The van der Waals surface area contributed by atoms with E-state index in [9.17, 15) is 0 Å². The summed E-state index contributed by atoms with van der Waals surface area (Å²) in [4.78, 5) is 3.65. The predicted octanol–water partition coefficient (Wildman–Crippen LogP) is 3.09. The quantitative estimate of drug-likeness (QED) is 0.662. The monoisotopic (exact) mass is 289 g/mol. The summed E-state index contributed by atoms with van der Waals surface area (Å²) in [6, 6.07) is 0.482. The van der Waals surface area contributed by atoms with Crippen LogP contribution in [0.25, 0.3) is 0 Å². The van der Waals surface area contributed by atoms with Crippen molar-refractivity contribution in [2.75, 3.05) is 19.8 Å². The van der Waals surface area contributed by atoms with Crippen LogP contribution in [-0.4, -0.2) is 34.8 Å². The number of hydrogen-bond donors (Lipinski definition) is 1. The van der Waals surface area contributed by atoms with Crippen LogP contribution >= 0.6 is 0 Å². The maximum absolute atomic E-state index is 5.89. The first-order valence-corrected chi connectivity index (χ1v) is 9.63. The van der Waals surface area contributed by atoms with Crippen molar-refractivity contribution in [2.24, 2.45) is 5.92 Å². The van der Waals surface area contributed by atoms with Crippen LogP contribution in [-0.2, 0) is 13.3 Å². The van der Waals surface area contributed by atoms with Crippen molar-refractivity contribution in [3.63, 3.8) is 0 Å². The van der Waals surface area contributed by atoms with E-state index in [2.05, 4.69) is 11.9 Å². The Morgan fingerprint density at radius 3 is 1.89 bits per heavy atom. The zero-order valence-electron chi connectivity index (χ0n) is 13.0.